The molecule has 7 rings (SSSR count). The van der Waals surface area contributed by atoms with Gasteiger partial charge in [-0.3, -0.25) is 4.79 Å². The van der Waals surface area contributed by atoms with Gasteiger partial charge in [0, 0.05) is 48.1 Å². The van der Waals surface area contributed by atoms with Crippen LogP contribution in [0.15, 0.2) is 77.9 Å². The first-order valence-corrected chi connectivity index (χ1v) is 14.2. The second-order valence-corrected chi connectivity index (χ2v) is 10.5. The van der Waals surface area contributed by atoms with Gasteiger partial charge in [-0.15, -0.1) is 0 Å². The van der Waals surface area contributed by atoms with E-state index in [2.05, 4.69) is 56.3 Å². The Morgan fingerprint density at radius 1 is 0.975 bits per heavy atom. The summed E-state index contributed by atoms with van der Waals surface area (Å²) in [6, 6.07) is 16.3. The lowest BCUT2D eigenvalue weighted by Gasteiger charge is -2.15. The topological polar surface area (TPSA) is 82.1 Å². The summed E-state index contributed by atoms with van der Waals surface area (Å²) in [5.41, 5.74) is 3.37. The van der Waals surface area contributed by atoms with Crippen LogP contribution in [0.5, 0.6) is 5.75 Å². The molecule has 9 heteroatoms. The number of fused-ring (bicyclic) bond motifs is 7. The van der Waals surface area contributed by atoms with E-state index in [-0.39, 0.29) is 5.56 Å². The highest BCUT2D eigenvalue weighted by Gasteiger charge is 2.18. The van der Waals surface area contributed by atoms with Crippen LogP contribution >= 0.6 is 0 Å². The highest BCUT2D eigenvalue weighted by molar-refractivity contribution is 5.85. The fourth-order valence-corrected chi connectivity index (χ4v) is 5.76. The van der Waals surface area contributed by atoms with Crippen molar-refractivity contribution < 1.29 is 4.74 Å². The molecule has 0 saturated carbocycles. The van der Waals surface area contributed by atoms with Crippen LogP contribution in [0.4, 0.5) is 11.6 Å². The van der Waals surface area contributed by atoms with Crippen molar-refractivity contribution >= 4 is 33.6 Å². The number of likely N-dealkylation sites (tertiary alicyclic amines) is 1. The second kappa shape index (κ2) is 10.7. The maximum absolute atomic E-state index is 13.4. The normalized spacial score (nSPS) is 16.0. The van der Waals surface area contributed by atoms with Crippen LogP contribution in [0.2, 0.25) is 0 Å². The van der Waals surface area contributed by atoms with E-state index in [1.165, 1.54) is 36.8 Å². The molecule has 3 aromatic heterocycles. The number of ether oxygens (including phenoxy) is 1. The number of hydrogen-bond acceptors (Lipinski definition) is 6. The van der Waals surface area contributed by atoms with Crippen LogP contribution in [0.25, 0.3) is 27.6 Å². The van der Waals surface area contributed by atoms with Crippen molar-refractivity contribution in [3.63, 3.8) is 0 Å². The lowest BCUT2D eigenvalue weighted by Crippen LogP contribution is -2.23. The van der Waals surface area contributed by atoms with Gasteiger partial charge in [-0.2, -0.15) is 4.98 Å². The molecule has 0 atom stereocenters. The molecule has 5 heterocycles. The molecular weight excluding hydrogens is 502 g/mol. The van der Waals surface area contributed by atoms with E-state index in [0.717, 1.165) is 43.1 Å². The molecule has 40 heavy (non-hydrogen) atoms. The summed E-state index contributed by atoms with van der Waals surface area (Å²) in [6.45, 7) is 5.61. The summed E-state index contributed by atoms with van der Waals surface area (Å²) in [4.78, 5) is 25.3. The number of rotatable bonds is 5. The summed E-state index contributed by atoms with van der Waals surface area (Å²) < 4.78 is 11.8. The Morgan fingerprint density at radius 3 is 2.83 bits per heavy atom. The predicted octanol–water partition coefficient (Wildman–Crippen LogP) is 5.11. The van der Waals surface area contributed by atoms with Crippen molar-refractivity contribution in [3.05, 3.63) is 83.4 Å². The zero-order valence-electron chi connectivity index (χ0n) is 22.5. The van der Waals surface area contributed by atoms with Gasteiger partial charge < -0.3 is 19.5 Å². The van der Waals surface area contributed by atoms with E-state index in [1.54, 1.807) is 10.9 Å². The van der Waals surface area contributed by atoms with E-state index in [9.17, 15) is 4.79 Å². The third kappa shape index (κ3) is 4.77. The molecule has 2 aromatic carbocycles. The molecule has 0 aliphatic carbocycles. The maximum Gasteiger partial charge on any atom is 0.278 e. The van der Waals surface area contributed by atoms with Crippen molar-refractivity contribution in [2.24, 2.45) is 0 Å². The summed E-state index contributed by atoms with van der Waals surface area (Å²) in [5.74, 6) is 1.21. The molecule has 1 fully saturated rings. The molecule has 204 valence electrons. The first kappa shape index (κ1) is 24.7. The van der Waals surface area contributed by atoms with Gasteiger partial charge in [0.1, 0.15) is 11.1 Å². The third-order valence-electron chi connectivity index (χ3n) is 7.85. The third-order valence-corrected chi connectivity index (χ3v) is 7.85. The Kier molecular flexibility index (Phi) is 6.57. The first-order valence-electron chi connectivity index (χ1n) is 14.2. The summed E-state index contributed by atoms with van der Waals surface area (Å²) >= 11 is 0. The highest BCUT2D eigenvalue weighted by Crippen LogP contribution is 2.25. The molecule has 0 radical (unpaired) electrons. The quantitative estimate of drug-likeness (QED) is 0.315. The Balaban J connectivity index is 1.21. The minimum Gasteiger partial charge on any atom is -0.494 e. The van der Waals surface area contributed by atoms with Gasteiger partial charge in [0.2, 0.25) is 5.95 Å². The number of allylic oxidation sites excluding steroid dienone is 2. The van der Waals surface area contributed by atoms with Crippen molar-refractivity contribution in [1.29, 1.82) is 0 Å². The Bertz CT molecular complexity index is 1760. The largest absolute Gasteiger partial charge is 0.494 e. The van der Waals surface area contributed by atoms with E-state index in [1.807, 2.05) is 35.0 Å². The predicted molar refractivity (Wildman–Crippen MR) is 158 cm³/mol. The van der Waals surface area contributed by atoms with Crippen LogP contribution in [0.1, 0.15) is 25.7 Å². The lowest BCUT2D eigenvalue weighted by molar-refractivity contribution is 0.311. The number of nitrogens with one attached hydrogen (secondary N) is 1. The van der Waals surface area contributed by atoms with E-state index in [0.29, 0.717) is 30.1 Å². The average molecular weight is 536 g/mol. The Hall–Kier alpha value is -4.37. The van der Waals surface area contributed by atoms with Gasteiger partial charge in [-0.05, 0) is 75.2 Å². The SMILES string of the molecule is O=c1c2cnc(Nc3ccc4c(ccn4CCN4CCCC4)c3)nc2n2n1CC=CCCCOc1cccc-2c1. The monoisotopic (exact) mass is 535 g/mol. The highest BCUT2D eigenvalue weighted by atomic mass is 16.5. The summed E-state index contributed by atoms with van der Waals surface area (Å²) in [7, 11) is 0. The van der Waals surface area contributed by atoms with Crippen LogP contribution in [0, 0.1) is 0 Å². The molecule has 0 unspecified atom stereocenters. The molecule has 0 spiro atoms. The van der Waals surface area contributed by atoms with Gasteiger partial charge in [-0.1, -0.05) is 18.2 Å². The fraction of sp³-hybridized carbons (Fsp3) is 0.323. The Labute approximate surface area is 232 Å². The van der Waals surface area contributed by atoms with Crippen LogP contribution < -0.4 is 15.6 Å². The number of aromatic nitrogens is 5. The molecule has 0 amide bonds. The molecular formula is C31H33N7O2. The smallest absolute Gasteiger partial charge is 0.278 e. The van der Waals surface area contributed by atoms with Gasteiger partial charge >= 0.3 is 0 Å². The van der Waals surface area contributed by atoms with Crippen molar-refractivity contribution in [1.82, 2.24) is 28.8 Å². The number of benzene rings is 2. The standard InChI is InChI=1S/C31H33N7O2/c39-30-27-22-32-31(33-24-10-11-28-23(20-24)12-16-36(28)18-17-35-13-4-5-14-35)34-29(27)38-25-8-7-9-26(21-25)40-19-6-2-1-3-15-37(30)38/h1,3,7-12,16,20-22H,2,4-6,13-15,17-19H2,(H,32,33,34). The number of anilines is 2. The van der Waals surface area contributed by atoms with Gasteiger partial charge in [0.15, 0.2) is 5.65 Å². The zero-order valence-corrected chi connectivity index (χ0v) is 22.5. The molecule has 2 aliphatic rings. The van der Waals surface area contributed by atoms with Gasteiger partial charge in [0.25, 0.3) is 5.56 Å². The fourth-order valence-electron chi connectivity index (χ4n) is 5.76. The van der Waals surface area contributed by atoms with E-state index >= 15 is 0 Å². The second-order valence-electron chi connectivity index (χ2n) is 10.5. The lowest BCUT2D eigenvalue weighted by atomic mass is 10.2. The van der Waals surface area contributed by atoms with Crippen molar-refractivity contribution in [2.75, 3.05) is 31.6 Å². The first-order chi connectivity index (χ1) is 19.7. The van der Waals surface area contributed by atoms with Crippen molar-refractivity contribution in [3.8, 4) is 11.4 Å². The van der Waals surface area contributed by atoms with Crippen molar-refractivity contribution in [2.45, 2.75) is 38.8 Å². The summed E-state index contributed by atoms with van der Waals surface area (Å²) in [6.07, 6.45) is 12.4. The van der Waals surface area contributed by atoms with Gasteiger partial charge in [0.05, 0.1) is 18.8 Å². The van der Waals surface area contributed by atoms with Crippen LogP contribution in [0.3, 0.4) is 0 Å². The molecule has 1 N–H and O–H groups in total. The number of nitrogens with zero attached hydrogens (tertiary/aromatic N) is 6. The van der Waals surface area contributed by atoms with E-state index in [4.69, 9.17) is 9.72 Å². The number of hydrogen-bond donors (Lipinski definition) is 1. The average Bonchev–Trinajstić information content (AvgIpc) is 3.69. The van der Waals surface area contributed by atoms with Crippen LogP contribution in [-0.4, -0.2) is 55.0 Å². The zero-order chi connectivity index (χ0) is 26.9. The Morgan fingerprint density at radius 2 is 1.90 bits per heavy atom. The van der Waals surface area contributed by atoms with E-state index < -0.39 is 0 Å². The molecule has 2 bridgehead atoms. The molecule has 5 aromatic rings. The molecule has 9 nitrogen and oxygen atoms in total. The maximum atomic E-state index is 13.4. The molecule has 1 saturated heterocycles. The minimum absolute atomic E-state index is 0.119. The van der Waals surface area contributed by atoms with Gasteiger partial charge in [-0.25, -0.2) is 14.3 Å². The molecule has 2 aliphatic heterocycles. The summed E-state index contributed by atoms with van der Waals surface area (Å²) in [5, 5.41) is 5.01. The van der Waals surface area contributed by atoms with Crippen LogP contribution in [-0.2, 0) is 13.1 Å². The minimum atomic E-state index is -0.119.